The van der Waals surface area contributed by atoms with Crippen LogP contribution < -0.4 is 0 Å². The summed E-state index contributed by atoms with van der Waals surface area (Å²) in [6.07, 6.45) is 68.2. The first-order chi connectivity index (χ1) is 31.5. The van der Waals surface area contributed by atoms with Gasteiger partial charge in [0, 0.05) is 19.3 Å². The van der Waals surface area contributed by atoms with E-state index in [0.717, 1.165) is 135 Å². The molecule has 0 amide bonds. The summed E-state index contributed by atoms with van der Waals surface area (Å²) in [6, 6.07) is 0. The molecule has 6 nitrogen and oxygen atoms in total. The largest absolute Gasteiger partial charge is 0.462 e. The second-order valence-corrected chi connectivity index (χ2v) is 17.1. The Balaban J connectivity index is 4.47. The van der Waals surface area contributed by atoms with Crippen molar-refractivity contribution in [2.45, 2.75) is 239 Å². The van der Waals surface area contributed by atoms with E-state index >= 15 is 0 Å². The molecule has 0 aliphatic rings. The van der Waals surface area contributed by atoms with Crippen LogP contribution in [0.3, 0.4) is 0 Å². The number of hydrogen-bond donors (Lipinski definition) is 0. The van der Waals surface area contributed by atoms with Crippen molar-refractivity contribution in [1.29, 1.82) is 0 Å². The molecule has 0 bridgehead atoms. The molecule has 0 saturated heterocycles. The number of carbonyl (C=O) groups excluding carboxylic acids is 3. The Morgan fingerprint density at radius 1 is 0.344 bits per heavy atom. The van der Waals surface area contributed by atoms with Gasteiger partial charge in [-0.25, -0.2) is 0 Å². The Morgan fingerprint density at radius 2 is 0.672 bits per heavy atom. The Kier molecular flexibility index (Phi) is 49.0. The lowest BCUT2D eigenvalue weighted by Gasteiger charge is -2.18. The summed E-state index contributed by atoms with van der Waals surface area (Å²) in [5, 5.41) is 0. The third kappa shape index (κ3) is 49.3. The minimum Gasteiger partial charge on any atom is -0.462 e. The van der Waals surface area contributed by atoms with Crippen LogP contribution in [0.5, 0.6) is 0 Å². The van der Waals surface area contributed by atoms with Crippen LogP contribution in [0.25, 0.3) is 0 Å². The van der Waals surface area contributed by atoms with Gasteiger partial charge in [0.1, 0.15) is 13.2 Å². The molecule has 0 aromatic rings. The van der Waals surface area contributed by atoms with E-state index in [0.29, 0.717) is 19.3 Å². The van der Waals surface area contributed by atoms with Crippen LogP contribution in [0, 0.1) is 0 Å². The van der Waals surface area contributed by atoms with Gasteiger partial charge in [-0.05, 0) is 103 Å². The van der Waals surface area contributed by atoms with Gasteiger partial charge in [0.05, 0.1) is 0 Å². The van der Waals surface area contributed by atoms with Crippen molar-refractivity contribution in [2.24, 2.45) is 0 Å². The SMILES string of the molecule is CC/C=C\C/C=C\C/C=C\CCCCCCC(=O)OC(COC(=O)CCCCCCC\C=C/C=C\C=C/CCCCCCC)COC(=O)CCCCCCCCC/C=C\C/C=C\CC. The predicted molar refractivity (Wildman–Crippen MR) is 274 cm³/mol. The summed E-state index contributed by atoms with van der Waals surface area (Å²) in [5.41, 5.74) is 0. The van der Waals surface area contributed by atoms with Gasteiger partial charge in [0.2, 0.25) is 0 Å². The second kappa shape index (κ2) is 52.0. The number of rotatable bonds is 46. The van der Waals surface area contributed by atoms with Crippen molar-refractivity contribution >= 4 is 17.9 Å². The van der Waals surface area contributed by atoms with Crippen LogP contribution in [-0.4, -0.2) is 37.2 Å². The standard InChI is InChI=1S/C58H96O6/c1-4-7-10-13-16-19-22-25-28-29-30-31-34-36-39-42-45-48-51-57(60)63-54-55(64-58(61)52-49-46-43-40-37-33-27-24-21-18-15-12-9-6-3)53-62-56(59)50-47-44-41-38-35-32-26-23-20-17-14-11-8-5-2/h8-9,11-12,17-18,20-22,25,27-31,33,55H,4-7,10,13-16,19,23-24,26,32,34-54H2,1-3H3/b11-8-,12-9-,20-17-,21-18-,25-22-,29-28-,31-30-,33-27-. The van der Waals surface area contributed by atoms with Gasteiger partial charge in [0.25, 0.3) is 0 Å². The molecule has 6 heteroatoms. The van der Waals surface area contributed by atoms with Crippen LogP contribution >= 0.6 is 0 Å². The van der Waals surface area contributed by atoms with Gasteiger partial charge < -0.3 is 14.2 Å². The highest BCUT2D eigenvalue weighted by molar-refractivity contribution is 5.71. The maximum Gasteiger partial charge on any atom is 0.306 e. The molecule has 0 aliphatic carbocycles. The molecule has 0 heterocycles. The van der Waals surface area contributed by atoms with Crippen LogP contribution in [0.15, 0.2) is 97.2 Å². The van der Waals surface area contributed by atoms with E-state index in [1.54, 1.807) is 0 Å². The van der Waals surface area contributed by atoms with E-state index < -0.39 is 6.10 Å². The molecule has 0 radical (unpaired) electrons. The molecule has 0 rings (SSSR count). The van der Waals surface area contributed by atoms with Crippen LogP contribution in [0.1, 0.15) is 233 Å². The van der Waals surface area contributed by atoms with Crippen molar-refractivity contribution in [1.82, 2.24) is 0 Å². The third-order valence-electron chi connectivity index (χ3n) is 10.9. The summed E-state index contributed by atoms with van der Waals surface area (Å²) in [6.45, 7) is 6.35. The van der Waals surface area contributed by atoms with Gasteiger partial charge in [-0.15, -0.1) is 0 Å². The molecule has 364 valence electrons. The molecular weight excluding hydrogens is 793 g/mol. The monoisotopic (exact) mass is 889 g/mol. The number of carbonyl (C=O) groups is 3. The quantitative estimate of drug-likeness (QED) is 0.0199. The molecule has 0 aromatic heterocycles. The molecule has 0 N–H and O–H groups in total. The highest BCUT2D eigenvalue weighted by Crippen LogP contribution is 2.13. The van der Waals surface area contributed by atoms with E-state index in [1.165, 1.54) is 57.8 Å². The molecule has 1 unspecified atom stereocenters. The molecule has 0 saturated carbocycles. The van der Waals surface area contributed by atoms with E-state index in [1.807, 2.05) is 0 Å². The van der Waals surface area contributed by atoms with Crippen molar-refractivity contribution in [3.63, 3.8) is 0 Å². The molecule has 0 fully saturated rings. The fourth-order valence-electron chi connectivity index (χ4n) is 6.97. The van der Waals surface area contributed by atoms with Gasteiger partial charge in [-0.1, -0.05) is 208 Å². The number of unbranched alkanes of at least 4 members (excludes halogenated alkanes) is 21. The zero-order valence-corrected chi connectivity index (χ0v) is 41.5. The summed E-state index contributed by atoms with van der Waals surface area (Å²) < 4.78 is 16.8. The highest BCUT2D eigenvalue weighted by Gasteiger charge is 2.19. The Bertz CT molecular complexity index is 1300. The van der Waals surface area contributed by atoms with Gasteiger partial charge in [-0.2, -0.15) is 0 Å². The maximum atomic E-state index is 12.8. The first kappa shape index (κ1) is 60.3. The highest BCUT2D eigenvalue weighted by atomic mass is 16.6. The van der Waals surface area contributed by atoms with Crippen LogP contribution in [0.4, 0.5) is 0 Å². The van der Waals surface area contributed by atoms with E-state index in [-0.39, 0.29) is 31.1 Å². The molecule has 64 heavy (non-hydrogen) atoms. The first-order valence-electron chi connectivity index (χ1n) is 26.3. The molecule has 0 spiro atoms. The normalized spacial score (nSPS) is 12.9. The summed E-state index contributed by atoms with van der Waals surface area (Å²) in [7, 11) is 0. The number of hydrogen-bond acceptors (Lipinski definition) is 6. The lowest BCUT2D eigenvalue weighted by atomic mass is 10.1. The summed E-state index contributed by atoms with van der Waals surface area (Å²) in [5.74, 6) is -0.952. The van der Waals surface area contributed by atoms with Crippen LogP contribution in [0.2, 0.25) is 0 Å². The number of allylic oxidation sites excluding steroid dienone is 16. The summed E-state index contributed by atoms with van der Waals surface area (Å²) in [4.78, 5) is 38.0. The third-order valence-corrected chi connectivity index (χ3v) is 10.9. The minimum atomic E-state index is -0.802. The molecule has 1 atom stereocenters. The fourth-order valence-corrected chi connectivity index (χ4v) is 6.97. The topological polar surface area (TPSA) is 78.9 Å². The number of esters is 3. The van der Waals surface area contributed by atoms with Gasteiger partial charge in [0.15, 0.2) is 6.10 Å². The first-order valence-corrected chi connectivity index (χ1v) is 26.3. The lowest BCUT2D eigenvalue weighted by Crippen LogP contribution is -2.30. The van der Waals surface area contributed by atoms with E-state index in [2.05, 4.69) is 118 Å². The van der Waals surface area contributed by atoms with Gasteiger partial charge in [-0.3, -0.25) is 14.4 Å². The number of ether oxygens (including phenoxy) is 3. The predicted octanol–water partition coefficient (Wildman–Crippen LogP) is 17.4. The Morgan fingerprint density at radius 3 is 1.08 bits per heavy atom. The maximum absolute atomic E-state index is 12.8. The fraction of sp³-hybridized carbons (Fsp3) is 0.672. The molecule has 0 aliphatic heterocycles. The molecule has 0 aromatic carbocycles. The van der Waals surface area contributed by atoms with Gasteiger partial charge >= 0.3 is 17.9 Å². The zero-order valence-electron chi connectivity index (χ0n) is 41.5. The minimum absolute atomic E-state index is 0.0989. The van der Waals surface area contributed by atoms with E-state index in [4.69, 9.17) is 14.2 Å². The van der Waals surface area contributed by atoms with Crippen molar-refractivity contribution < 1.29 is 28.6 Å². The average molecular weight is 889 g/mol. The Hall–Kier alpha value is -3.67. The van der Waals surface area contributed by atoms with Crippen molar-refractivity contribution in [3.05, 3.63) is 97.2 Å². The zero-order chi connectivity index (χ0) is 46.5. The summed E-state index contributed by atoms with van der Waals surface area (Å²) >= 11 is 0. The second-order valence-electron chi connectivity index (χ2n) is 17.1. The van der Waals surface area contributed by atoms with E-state index in [9.17, 15) is 14.4 Å². The van der Waals surface area contributed by atoms with Crippen molar-refractivity contribution in [2.75, 3.05) is 13.2 Å². The molecular formula is C58H96O6. The van der Waals surface area contributed by atoms with Crippen molar-refractivity contribution in [3.8, 4) is 0 Å². The van der Waals surface area contributed by atoms with Crippen LogP contribution in [-0.2, 0) is 28.6 Å². The lowest BCUT2D eigenvalue weighted by molar-refractivity contribution is -0.167. The smallest absolute Gasteiger partial charge is 0.306 e. The Labute approximate surface area is 394 Å². The average Bonchev–Trinajstić information content (AvgIpc) is 3.29.